The molecular formula is CH10O9S2Sr4. The Morgan fingerprint density at radius 2 is 1.00 bits per heavy atom. The van der Waals surface area contributed by atoms with Crippen molar-refractivity contribution in [2.45, 2.75) is 0 Å². The SMILES string of the molecule is O=C(OS(=O)(=O)O)OS(=O)(=O)O.[H-].[H-].[H-].[H-].[H-].[H-].[H-].[H-].[Sr+2].[Sr+2].[Sr+2].[Sr+2]. The minimum Gasteiger partial charge on any atom is -1.00 e. The van der Waals surface area contributed by atoms with Gasteiger partial charge in [-0.3, -0.25) is 17.5 Å². The van der Waals surface area contributed by atoms with E-state index in [0.717, 1.165) is 0 Å². The molecule has 0 saturated carbocycles. The third-order valence-electron chi connectivity index (χ3n) is 0.347. The van der Waals surface area contributed by atoms with Crippen molar-refractivity contribution in [3.05, 3.63) is 0 Å². The van der Waals surface area contributed by atoms with E-state index in [2.05, 4.69) is 8.37 Å². The Hall–Kier alpha value is 5.01. The van der Waals surface area contributed by atoms with Crippen LogP contribution in [0.4, 0.5) is 4.79 Å². The summed E-state index contributed by atoms with van der Waals surface area (Å²) in [5.74, 6) is 0. The van der Waals surface area contributed by atoms with Gasteiger partial charge in [-0.05, 0) is 0 Å². The molecule has 0 aromatic carbocycles. The van der Waals surface area contributed by atoms with Crippen LogP contribution in [-0.4, -0.2) is 214 Å². The van der Waals surface area contributed by atoms with Gasteiger partial charge in [0.25, 0.3) is 0 Å². The average Bonchev–Trinajstić information content (AvgIpc) is 1.49. The molecule has 0 aromatic heterocycles. The van der Waals surface area contributed by atoms with Gasteiger partial charge in [0.05, 0.1) is 0 Å². The van der Waals surface area contributed by atoms with Crippen LogP contribution in [0.5, 0.6) is 0 Å². The van der Waals surface area contributed by atoms with Crippen LogP contribution in [0.3, 0.4) is 0 Å². The second kappa shape index (κ2) is 14.9. The van der Waals surface area contributed by atoms with E-state index in [1.165, 1.54) is 0 Å². The summed E-state index contributed by atoms with van der Waals surface area (Å²) in [6.45, 7) is 0. The van der Waals surface area contributed by atoms with Crippen molar-refractivity contribution in [2.24, 2.45) is 0 Å². The van der Waals surface area contributed by atoms with E-state index in [1.54, 1.807) is 0 Å². The smallest absolute Gasteiger partial charge is 1.00 e. The molecule has 0 aliphatic heterocycles. The molecule has 0 heterocycles. The van der Waals surface area contributed by atoms with E-state index >= 15 is 0 Å². The predicted molar refractivity (Wildman–Crippen MR) is 62.6 cm³/mol. The van der Waals surface area contributed by atoms with Gasteiger partial charge in [0.1, 0.15) is 0 Å². The van der Waals surface area contributed by atoms with Gasteiger partial charge in [-0.2, -0.15) is 16.8 Å². The quantitative estimate of drug-likeness (QED) is 0.283. The second-order valence-corrected chi connectivity index (χ2v) is 3.32. The number of carbonyl (C=O) groups is 1. The normalized spacial score (nSPS) is 9.12. The molecule has 0 aliphatic rings. The first-order valence-corrected chi connectivity index (χ1v) is 4.71. The standard InChI is InChI=1S/CH2O9S2.4Sr.8H/c2-1(9-11(3,4)5)10-12(6,7)8;;;;;;;;;;;;/h(H,3,4,5)(H,6,7,8);;;;;;;;;;;;/q;4*+2;8*-1. The number of hydrogen-bond acceptors (Lipinski definition) is 7. The van der Waals surface area contributed by atoms with Gasteiger partial charge in [-0.1, -0.05) is 0 Å². The van der Waals surface area contributed by atoms with E-state index in [9.17, 15) is 21.6 Å². The van der Waals surface area contributed by atoms with Gasteiger partial charge in [-0.15, -0.1) is 0 Å². The minimum absolute atomic E-state index is 0. The summed E-state index contributed by atoms with van der Waals surface area (Å²) in [7, 11) is -10.3. The fourth-order valence-corrected chi connectivity index (χ4v) is 0.641. The van der Waals surface area contributed by atoms with E-state index in [4.69, 9.17) is 9.11 Å². The molecule has 0 unspecified atom stereocenters. The minimum atomic E-state index is -5.15. The molecule has 0 atom stereocenters. The van der Waals surface area contributed by atoms with E-state index < -0.39 is 27.0 Å². The van der Waals surface area contributed by atoms with Crippen molar-refractivity contribution in [3.63, 3.8) is 0 Å². The first-order chi connectivity index (χ1) is 5.10. The van der Waals surface area contributed by atoms with Gasteiger partial charge in [0, 0.05) is 0 Å². The molecular weight excluding hydrogens is 571 g/mol. The third kappa shape index (κ3) is 27.4. The van der Waals surface area contributed by atoms with Crippen LogP contribution < -0.4 is 0 Å². The maximum atomic E-state index is 9.95. The van der Waals surface area contributed by atoms with Crippen LogP contribution in [0.15, 0.2) is 0 Å². The Kier molecular flexibility index (Phi) is 30.6. The summed E-state index contributed by atoms with van der Waals surface area (Å²) < 4.78 is 60.1. The molecule has 9 nitrogen and oxygen atoms in total. The number of carbonyl (C=O) groups excluding carboxylic acids is 1. The Morgan fingerprint density at radius 3 is 1.12 bits per heavy atom. The fraction of sp³-hybridized carbons (Fsp3) is 0. The summed E-state index contributed by atoms with van der Waals surface area (Å²) in [6, 6.07) is 0. The molecule has 0 bridgehead atoms. The Labute approximate surface area is 252 Å². The molecule has 0 fully saturated rings. The molecule has 0 spiro atoms. The van der Waals surface area contributed by atoms with Gasteiger partial charge in [0.15, 0.2) is 0 Å². The molecule has 0 saturated heterocycles. The van der Waals surface area contributed by atoms with Crippen molar-refractivity contribution in [2.75, 3.05) is 0 Å². The first kappa shape index (κ1) is 32.8. The van der Waals surface area contributed by atoms with Gasteiger partial charge < -0.3 is 11.4 Å². The summed E-state index contributed by atoms with van der Waals surface area (Å²) >= 11 is 0. The molecule has 0 aromatic rings. The van der Waals surface area contributed by atoms with Crippen molar-refractivity contribution in [1.82, 2.24) is 0 Å². The van der Waals surface area contributed by atoms with Crippen LogP contribution in [0.1, 0.15) is 11.4 Å². The summed E-state index contributed by atoms with van der Waals surface area (Å²) in [6.07, 6.45) is -2.29. The molecule has 0 rings (SSSR count). The first-order valence-electron chi connectivity index (χ1n) is 1.98. The molecule has 15 heteroatoms. The zero-order valence-electron chi connectivity index (χ0n) is 15.9. The van der Waals surface area contributed by atoms with Gasteiger partial charge in [-0.25, -0.2) is 4.79 Å². The molecule has 0 aliphatic carbocycles. The number of rotatable bonds is 2. The average molecular weight is 581 g/mol. The predicted octanol–water partition coefficient (Wildman–Crippen LogP) is -1.88. The molecule has 0 amide bonds. The topological polar surface area (TPSA) is 144 Å². The van der Waals surface area contributed by atoms with Crippen molar-refractivity contribution in [1.29, 1.82) is 0 Å². The van der Waals surface area contributed by atoms with Crippen LogP contribution in [0.25, 0.3) is 0 Å². The zero-order chi connectivity index (χ0) is 9.99. The van der Waals surface area contributed by atoms with Crippen LogP contribution in [0.2, 0.25) is 0 Å². The summed E-state index contributed by atoms with van der Waals surface area (Å²) in [5.41, 5.74) is 0. The monoisotopic (exact) mass is 582 g/mol. The van der Waals surface area contributed by atoms with Crippen LogP contribution >= 0.6 is 0 Å². The third-order valence-corrected chi connectivity index (χ3v) is 1.04. The maximum Gasteiger partial charge on any atom is 2.00 e. The summed E-state index contributed by atoms with van der Waals surface area (Å²) in [5, 5.41) is 0. The molecule has 0 radical (unpaired) electrons. The number of hydrogen-bond donors (Lipinski definition) is 2. The van der Waals surface area contributed by atoms with E-state index in [1.807, 2.05) is 0 Å². The Balaban J connectivity index is -0.00000000917. The largest absolute Gasteiger partial charge is 2.00 e. The second-order valence-electron chi connectivity index (χ2n) is 1.27. The van der Waals surface area contributed by atoms with Crippen LogP contribution in [0, 0.1) is 0 Å². The van der Waals surface area contributed by atoms with Crippen molar-refractivity contribution >= 4 is 209 Å². The van der Waals surface area contributed by atoms with E-state index in [0.29, 0.717) is 0 Å². The van der Waals surface area contributed by atoms with Crippen molar-refractivity contribution in [3.8, 4) is 0 Å². The summed E-state index contributed by atoms with van der Waals surface area (Å²) in [4.78, 5) is 9.95. The Morgan fingerprint density at radius 1 is 0.812 bits per heavy atom. The molecule has 2 N–H and O–H groups in total. The zero-order valence-corrected chi connectivity index (χ0v) is 23.4. The molecule has 16 heavy (non-hydrogen) atoms. The van der Waals surface area contributed by atoms with Gasteiger partial charge in [0.2, 0.25) is 0 Å². The maximum absolute atomic E-state index is 9.95. The molecule has 88 valence electrons. The van der Waals surface area contributed by atoms with E-state index in [-0.39, 0.29) is 193 Å². The van der Waals surface area contributed by atoms with Gasteiger partial charge >= 0.3 is 209 Å². The fourth-order valence-electron chi connectivity index (χ4n) is 0.186. The van der Waals surface area contributed by atoms with Crippen molar-refractivity contribution < 1.29 is 50.5 Å². The van der Waals surface area contributed by atoms with Crippen LogP contribution in [-0.2, 0) is 29.2 Å². The Bertz CT molecular complexity index is 354.